The number of carbonyl (C=O) groups is 3. The lowest BCUT2D eigenvalue weighted by Crippen LogP contribution is -2.54. The van der Waals surface area contributed by atoms with Crippen LogP contribution < -0.4 is 21.9 Å². The molecule has 4 rings (SSSR count). The van der Waals surface area contributed by atoms with E-state index in [0.29, 0.717) is 44.2 Å². The lowest BCUT2D eigenvalue weighted by Gasteiger charge is -2.29. The van der Waals surface area contributed by atoms with Crippen molar-refractivity contribution in [2.75, 3.05) is 6.54 Å². The number of benzene rings is 2. The summed E-state index contributed by atoms with van der Waals surface area (Å²) in [6.07, 6.45) is 3.28. The fourth-order valence-corrected chi connectivity index (χ4v) is 5.52. The predicted octanol–water partition coefficient (Wildman–Crippen LogP) is 3.01. The normalized spacial score (nSPS) is 19.2. The minimum atomic E-state index is -1.19. The molecule has 0 bridgehead atoms. The maximum atomic E-state index is 13.9. The standard InChI is InChI=1S/C31H38N4O6/c1-3-19(2)26(28(37)32-18-21-13-15-22(16-14-21)30(39)40)34-27(36)25(17-20-9-5-4-6-10-20)35-29(38)23-11-7-8-12-24(23)33-31(35)41/h4-12,19,21-22,25-26H,3,13-18H2,1-2H3,(H,32,37)(H,33,41)(H,34,36)(H,39,40)/t19-,21?,22?,25-,26-/m0/s1. The van der Waals surface area contributed by atoms with E-state index in [9.17, 15) is 29.1 Å². The van der Waals surface area contributed by atoms with Crippen molar-refractivity contribution >= 4 is 28.7 Å². The third kappa shape index (κ3) is 7.11. The van der Waals surface area contributed by atoms with Crippen LogP contribution in [0, 0.1) is 17.8 Å². The molecule has 0 saturated heterocycles. The van der Waals surface area contributed by atoms with Gasteiger partial charge in [-0.1, -0.05) is 62.7 Å². The second-order valence-corrected chi connectivity index (χ2v) is 11.0. The highest BCUT2D eigenvalue weighted by Crippen LogP contribution is 2.28. The van der Waals surface area contributed by atoms with Crippen LogP contribution in [-0.4, -0.2) is 45.0 Å². The maximum absolute atomic E-state index is 13.9. The van der Waals surface area contributed by atoms with Gasteiger partial charge in [-0.15, -0.1) is 0 Å². The number of fused-ring (bicyclic) bond motifs is 1. The zero-order chi connectivity index (χ0) is 29.5. The Balaban J connectivity index is 1.57. The van der Waals surface area contributed by atoms with Crippen LogP contribution in [0.15, 0.2) is 64.2 Å². The molecule has 2 amide bonds. The Bertz CT molecular complexity index is 1490. The molecule has 218 valence electrons. The van der Waals surface area contributed by atoms with Gasteiger partial charge < -0.3 is 20.7 Å². The second kappa shape index (κ2) is 13.4. The molecular weight excluding hydrogens is 524 g/mol. The van der Waals surface area contributed by atoms with Gasteiger partial charge in [0.1, 0.15) is 12.1 Å². The van der Waals surface area contributed by atoms with Crippen molar-refractivity contribution in [1.29, 1.82) is 0 Å². The number of carbonyl (C=O) groups excluding carboxylic acids is 2. The number of amides is 2. The summed E-state index contributed by atoms with van der Waals surface area (Å²) >= 11 is 0. The van der Waals surface area contributed by atoms with E-state index >= 15 is 0 Å². The van der Waals surface area contributed by atoms with E-state index in [0.717, 1.165) is 10.1 Å². The maximum Gasteiger partial charge on any atom is 0.329 e. The summed E-state index contributed by atoms with van der Waals surface area (Å²) in [7, 11) is 0. The van der Waals surface area contributed by atoms with Crippen LogP contribution in [0.4, 0.5) is 0 Å². The van der Waals surface area contributed by atoms with Gasteiger partial charge in [-0.3, -0.25) is 19.2 Å². The average molecular weight is 563 g/mol. The first-order chi connectivity index (χ1) is 19.7. The highest BCUT2D eigenvalue weighted by atomic mass is 16.4. The van der Waals surface area contributed by atoms with Crippen molar-refractivity contribution in [3.05, 3.63) is 81.0 Å². The molecular formula is C31H38N4O6. The van der Waals surface area contributed by atoms with Crippen molar-refractivity contribution in [2.45, 2.75) is 64.5 Å². The van der Waals surface area contributed by atoms with Gasteiger partial charge in [0.15, 0.2) is 0 Å². The molecule has 1 saturated carbocycles. The topological polar surface area (TPSA) is 150 Å². The van der Waals surface area contributed by atoms with Gasteiger partial charge in [-0.25, -0.2) is 9.36 Å². The highest BCUT2D eigenvalue weighted by Gasteiger charge is 2.33. The summed E-state index contributed by atoms with van der Waals surface area (Å²) in [5.41, 5.74) is -0.145. The lowest BCUT2D eigenvalue weighted by molar-refractivity contribution is -0.143. The summed E-state index contributed by atoms with van der Waals surface area (Å²) in [4.78, 5) is 67.8. The summed E-state index contributed by atoms with van der Waals surface area (Å²) in [5.74, 6) is -2.10. The molecule has 0 aliphatic heterocycles. The number of aliphatic carboxylic acids is 1. The van der Waals surface area contributed by atoms with Crippen molar-refractivity contribution in [2.24, 2.45) is 17.8 Å². The van der Waals surface area contributed by atoms with E-state index in [1.54, 1.807) is 24.3 Å². The number of carboxylic acids is 1. The molecule has 4 N–H and O–H groups in total. The van der Waals surface area contributed by atoms with Crippen LogP contribution >= 0.6 is 0 Å². The Morgan fingerprint density at radius 1 is 0.976 bits per heavy atom. The van der Waals surface area contributed by atoms with E-state index in [4.69, 9.17) is 0 Å². The van der Waals surface area contributed by atoms with Crippen molar-refractivity contribution < 1.29 is 19.5 Å². The molecule has 1 aliphatic rings. The number of aromatic nitrogens is 2. The Morgan fingerprint density at radius 3 is 2.29 bits per heavy atom. The Kier molecular flexibility index (Phi) is 9.75. The largest absolute Gasteiger partial charge is 0.481 e. The summed E-state index contributed by atoms with van der Waals surface area (Å²) in [6, 6.07) is 13.7. The number of nitrogens with zero attached hydrogens (tertiary/aromatic N) is 1. The van der Waals surface area contributed by atoms with Crippen molar-refractivity contribution in [3.8, 4) is 0 Å². The SMILES string of the molecule is CC[C@H](C)[C@H](NC(=O)[C@H](Cc1ccccc1)n1c(=O)[nH]c2ccccc2c1=O)C(=O)NCC1CCC(C(=O)O)CC1. The first-order valence-electron chi connectivity index (χ1n) is 14.3. The van der Waals surface area contributed by atoms with Crippen LogP contribution in [0.5, 0.6) is 0 Å². The zero-order valence-corrected chi connectivity index (χ0v) is 23.5. The molecule has 0 radical (unpaired) electrons. The minimum absolute atomic E-state index is 0.0790. The molecule has 3 atom stereocenters. The van der Waals surface area contributed by atoms with Crippen molar-refractivity contribution in [3.63, 3.8) is 0 Å². The number of para-hydroxylation sites is 1. The molecule has 41 heavy (non-hydrogen) atoms. The van der Waals surface area contributed by atoms with Gasteiger partial charge >= 0.3 is 11.7 Å². The van der Waals surface area contributed by atoms with Gasteiger partial charge in [-0.2, -0.15) is 0 Å². The van der Waals surface area contributed by atoms with E-state index in [1.165, 1.54) is 0 Å². The Morgan fingerprint density at radius 2 is 1.63 bits per heavy atom. The smallest absolute Gasteiger partial charge is 0.329 e. The summed E-state index contributed by atoms with van der Waals surface area (Å²) in [5, 5.41) is 15.3. The van der Waals surface area contributed by atoms with Crippen LogP contribution in [0.25, 0.3) is 10.9 Å². The molecule has 1 fully saturated rings. The summed E-state index contributed by atoms with van der Waals surface area (Å²) < 4.78 is 0.942. The molecule has 2 aromatic carbocycles. The number of aromatic amines is 1. The predicted molar refractivity (Wildman–Crippen MR) is 155 cm³/mol. The van der Waals surface area contributed by atoms with E-state index < -0.39 is 35.2 Å². The monoisotopic (exact) mass is 562 g/mol. The fourth-order valence-electron chi connectivity index (χ4n) is 5.52. The van der Waals surface area contributed by atoms with Gasteiger partial charge in [0.05, 0.1) is 16.8 Å². The summed E-state index contributed by atoms with van der Waals surface area (Å²) in [6.45, 7) is 4.18. The van der Waals surface area contributed by atoms with Crippen molar-refractivity contribution in [1.82, 2.24) is 20.2 Å². The van der Waals surface area contributed by atoms with Crippen LogP contribution in [0.1, 0.15) is 57.6 Å². The molecule has 10 nitrogen and oxygen atoms in total. The van der Waals surface area contributed by atoms with E-state index in [2.05, 4.69) is 15.6 Å². The van der Waals surface area contributed by atoms with Crippen LogP contribution in [0.2, 0.25) is 0 Å². The number of hydrogen-bond donors (Lipinski definition) is 4. The third-order valence-corrected chi connectivity index (χ3v) is 8.28. The third-order valence-electron chi connectivity index (χ3n) is 8.28. The fraction of sp³-hybridized carbons (Fsp3) is 0.452. The molecule has 1 aromatic heterocycles. The Labute approximate surface area is 238 Å². The quantitative estimate of drug-likeness (QED) is 0.282. The average Bonchev–Trinajstić information content (AvgIpc) is 2.98. The van der Waals surface area contributed by atoms with Crippen LogP contribution in [-0.2, 0) is 20.8 Å². The number of hydrogen-bond acceptors (Lipinski definition) is 5. The van der Waals surface area contributed by atoms with Gasteiger partial charge in [0.25, 0.3) is 5.56 Å². The number of nitrogens with one attached hydrogen (secondary N) is 3. The Hall–Kier alpha value is -4.21. The van der Waals surface area contributed by atoms with Gasteiger partial charge in [-0.05, 0) is 55.2 Å². The number of rotatable bonds is 11. The first kappa shape index (κ1) is 29.8. The minimum Gasteiger partial charge on any atom is -0.481 e. The molecule has 0 spiro atoms. The molecule has 10 heteroatoms. The zero-order valence-electron chi connectivity index (χ0n) is 23.5. The van der Waals surface area contributed by atoms with E-state index in [1.807, 2.05) is 44.2 Å². The first-order valence-corrected chi connectivity index (χ1v) is 14.3. The molecule has 1 heterocycles. The number of H-pyrrole nitrogens is 1. The lowest BCUT2D eigenvalue weighted by atomic mass is 9.82. The molecule has 0 unspecified atom stereocenters. The molecule has 1 aliphatic carbocycles. The number of carboxylic acid groups (broad SMARTS) is 1. The van der Waals surface area contributed by atoms with Gasteiger partial charge in [0.2, 0.25) is 11.8 Å². The molecule has 3 aromatic rings. The van der Waals surface area contributed by atoms with E-state index in [-0.39, 0.29) is 35.5 Å². The second-order valence-electron chi connectivity index (χ2n) is 11.0. The highest BCUT2D eigenvalue weighted by molar-refractivity contribution is 5.89. The van der Waals surface area contributed by atoms with Gasteiger partial charge in [0, 0.05) is 13.0 Å². The van der Waals surface area contributed by atoms with Crippen LogP contribution in [0.3, 0.4) is 0 Å².